The summed E-state index contributed by atoms with van der Waals surface area (Å²) >= 11 is 0. The number of rotatable bonds is 7. The van der Waals surface area contributed by atoms with Crippen LogP contribution in [0, 0.1) is 0 Å². The molecule has 0 amide bonds. The van der Waals surface area contributed by atoms with E-state index in [0.29, 0.717) is 18.8 Å². The summed E-state index contributed by atoms with van der Waals surface area (Å²) in [5.41, 5.74) is 2.80. The second-order valence-electron chi connectivity index (χ2n) is 4.84. The summed E-state index contributed by atoms with van der Waals surface area (Å²) in [6.45, 7) is 1.33. The predicted molar refractivity (Wildman–Crippen MR) is 87.5 cm³/mol. The van der Waals surface area contributed by atoms with Crippen LogP contribution in [-0.4, -0.2) is 19.7 Å². The van der Waals surface area contributed by atoms with Crippen molar-refractivity contribution in [3.63, 3.8) is 0 Å². The molecule has 2 aromatic carbocycles. The molecule has 2 aromatic rings. The number of methoxy groups -OCH3 is 1. The van der Waals surface area contributed by atoms with E-state index in [1.807, 2.05) is 36.4 Å². The highest BCUT2D eigenvalue weighted by Crippen LogP contribution is 2.08. The SMILES string of the molecule is COC(=O)c1ccc(/C=C/CCOCc2ccccc2)cc1. The largest absolute Gasteiger partial charge is 0.465 e. The first-order chi connectivity index (χ1) is 10.8. The Kier molecular flexibility index (Phi) is 6.39. The van der Waals surface area contributed by atoms with Gasteiger partial charge in [0.1, 0.15) is 0 Å². The number of benzene rings is 2. The van der Waals surface area contributed by atoms with Crippen LogP contribution in [0.25, 0.3) is 6.08 Å². The second-order valence-corrected chi connectivity index (χ2v) is 4.84. The Balaban J connectivity index is 1.70. The zero-order valence-electron chi connectivity index (χ0n) is 12.7. The molecule has 22 heavy (non-hydrogen) atoms. The van der Waals surface area contributed by atoms with Crippen LogP contribution in [-0.2, 0) is 16.1 Å². The average Bonchev–Trinajstić information content (AvgIpc) is 2.58. The highest BCUT2D eigenvalue weighted by molar-refractivity contribution is 5.89. The highest BCUT2D eigenvalue weighted by Gasteiger charge is 2.02. The first kappa shape index (κ1) is 16.0. The second kappa shape index (κ2) is 8.80. The molecular weight excluding hydrogens is 276 g/mol. The van der Waals surface area contributed by atoms with Crippen molar-refractivity contribution >= 4 is 12.0 Å². The van der Waals surface area contributed by atoms with Gasteiger partial charge in [-0.25, -0.2) is 4.79 Å². The predicted octanol–water partition coefficient (Wildman–Crippen LogP) is 4.09. The first-order valence-corrected chi connectivity index (χ1v) is 7.26. The molecule has 3 nitrogen and oxygen atoms in total. The molecule has 0 saturated carbocycles. The number of carbonyl (C=O) groups is 1. The maximum Gasteiger partial charge on any atom is 0.337 e. The van der Waals surface area contributed by atoms with E-state index in [9.17, 15) is 4.79 Å². The van der Waals surface area contributed by atoms with Gasteiger partial charge in [0.05, 0.1) is 25.9 Å². The molecule has 0 spiro atoms. The van der Waals surface area contributed by atoms with Gasteiger partial charge in [0.15, 0.2) is 0 Å². The van der Waals surface area contributed by atoms with Crippen molar-refractivity contribution in [2.75, 3.05) is 13.7 Å². The van der Waals surface area contributed by atoms with Gasteiger partial charge in [-0.2, -0.15) is 0 Å². The standard InChI is InChI=1S/C19H20O3/c1-21-19(20)18-12-10-16(11-13-18)7-5-6-14-22-15-17-8-3-2-4-9-17/h2-5,7-13H,6,14-15H2,1H3/b7-5+. The molecule has 2 rings (SSSR count). The summed E-state index contributed by atoms with van der Waals surface area (Å²) < 4.78 is 10.3. The Morgan fingerprint density at radius 3 is 2.45 bits per heavy atom. The Morgan fingerprint density at radius 1 is 1.05 bits per heavy atom. The van der Waals surface area contributed by atoms with E-state index in [1.165, 1.54) is 12.7 Å². The van der Waals surface area contributed by atoms with Gasteiger partial charge >= 0.3 is 5.97 Å². The van der Waals surface area contributed by atoms with Crippen LogP contribution in [0.3, 0.4) is 0 Å². The molecule has 0 N–H and O–H groups in total. The van der Waals surface area contributed by atoms with E-state index in [1.54, 1.807) is 12.1 Å². The van der Waals surface area contributed by atoms with Crippen LogP contribution in [0.2, 0.25) is 0 Å². The third-order valence-corrected chi connectivity index (χ3v) is 3.18. The van der Waals surface area contributed by atoms with Gasteiger partial charge < -0.3 is 9.47 Å². The fourth-order valence-electron chi connectivity index (χ4n) is 1.98. The molecule has 0 aliphatic rings. The number of hydrogen-bond acceptors (Lipinski definition) is 3. The smallest absolute Gasteiger partial charge is 0.337 e. The molecular formula is C19H20O3. The lowest BCUT2D eigenvalue weighted by Gasteiger charge is -2.02. The summed E-state index contributed by atoms with van der Waals surface area (Å²) in [6.07, 6.45) is 4.94. The van der Waals surface area contributed by atoms with Gasteiger partial charge in [0.25, 0.3) is 0 Å². The molecule has 114 valence electrons. The van der Waals surface area contributed by atoms with Crippen molar-refractivity contribution in [3.05, 3.63) is 77.4 Å². The van der Waals surface area contributed by atoms with Crippen LogP contribution in [0.1, 0.15) is 27.9 Å². The maximum absolute atomic E-state index is 11.3. The minimum Gasteiger partial charge on any atom is -0.465 e. The quantitative estimate of drug-likeness (QED) is 0.570. The summed E-state index contributed by atoms with van der Waals surface area (Å²) in [6, 6.07) is 17.4. The Hall–Kier alpha value is -2.39. The zero-order chi connectivity index (χ0) is 15.6. The van der Waals surface area contributed by atoms with E-state index in [-0.39, 0.29) is 5.97 Å². The lowest BCUT2D eigenvalue weighted by molar-refractivity contribution is 0.0600. The third-order valence-electron chi connectivity index (χ3n) is 3.18. The van der Waals surface area contributed by atoms with E-state index >= 15 is 0 Å². The fraction of sp³-hybridized carbons (Fsp3) is 0.211. The van der Waals surface area contributed by atoms with Crippen molar-refractivity contribution in [3.8, 4) is 0 Å². The first-order valence-electron chi connectivity index (χ1n) is 7.26. The van der Waals surface area contributed by atoms with Crippen LogP contribution in [0.4, 0.5) is 0 Å². The van der Waals surface area contributed by atoms with E-state index < -0.39 is 0 Å². The molecule has 0 unspecified atom stereocenters. The monoisotopic (exact) mass is 296 g/mol. The highest BCUT2D eigenvalue weighted by atomic mass is 16.5. The summed E-state index contributed by atoms with van der Waals surface area (Å²) in [5, 5.41) is 0. The van der Waals surface area contributed by atoms with Crippen molar-refractivity contribution in [1.29, 1.82) is 0 Å². The van der Waals surface area contributed by atoms with Gasteiger partial charge in [-0.05, 0) is 29.7 Å². The topological polar surface area (TPSA) is 35.5 Å². The number of carbonyl (C=O) groups excluding carboxylic acids is 1. The molecule has 0 radical (unpaired) electrons. The maximum atomic E-state index is 11.3. The molecule has 0 fully saturated rings. The molecule has 0 atom stereocenters. The zero-order valence-corrected chi connectivity index (χ0v) is 12.7. The Morgan fingerprint density at radius 2 is 1.77 bits per heavy atom. The van der Waals surface area contributed by atoms with E-state index in [4.69, 9.17) is 4.74 Å². The Bertz CT molecular complexity index is 600. The van der Waals surface area contributed by atoms with Crippen LogP contribution in [0.15, 0.2) is 60.7 Å². The molecule has 0 aromatic heterocycles. The van der Waals surface area contributed by atoms with Crippen molar-refractivity contribution in [1.82, 2.24) is 0 Å². The number of ether oxygens (including phenoxy) is 2. The summed E-state index contributed by atoms with van der Waals surface area (Å²) in [7, 11) is 1.38. The minimum atomic E-state index is -0.315. The van der Waals surface area contributed by atoms with Crippen LogP contribution < -0.4 is 0 Å². The molecule has 0 saturated heterocycles. The van der Waals surface area contributed by atoms with E-state index in [0.717, 1.165) is 12.0 Å². The van der Waals surface area contributed by atoms with Crippen LogP contribution in [0.5, 0.6) is 0 Å². The molecule has 0 bridgehead atoms. The van der Waals surface area contributed by atoms with Gasteiger partial charge in [-0.15, -0.1) is 0 Å². The molecule has 0 heterocycles. The third kappa shape index (κ3) is 5.19. The fourth-order valence-corrected chi connectivity index (χ4v) is 1.98. The number of esters is 1. The van der Waals surface area contributed by atoms with Crippen molar-refractivity contribution < 1.29 is 14.3 Å². The molecule has 3 heteroatoms. The Labute approximate surface area is 131 Å². The van der Waals surface area contributed by atoms with E-state index in [2.05, 4.69) is 22.9 Å². The summed E-state index contributed by atoms with van der Waals surface area (Å²) in [4.78, 5) is 11.3. The van der Waals surface area contributed by atoms with Crippen molar-refractivity contribution in [2.45, 2.75) is 13.0 Å². The summed E-state index contributed by atoms with van der Waals surface area (Å²) in [5.74, 6) is -0.315. The average molecular weight is 296 g/mol. The normalized spacial score (nSPS) is 10.8. The molecule has 0 aliphatic carbocycles. The lowest BCUT2D eigenvalue weighted by Crippen LogP contribution is -2.00. The van der Waals surface area contributed by atoms with Gasteiger partial charge in [-0.3, -0.25) is 0 Å². The van der Waals surface area contributed by atoms with Crippen LogP contribution >= 0.6 is 0 Å². The number of hydrogen-bond donors (Lipinski definition) is 0. The minimum absolute atomic E-state index is 0.315. The van der Waals surface area contributed by atoms with Gasteiger partial charge in [0.2, 0.25) is 0 Å². The van der Waals surface area contributed by atoms with Gasteiger partial charge in [0, 0.05) is 0 Å². The lowest BCUT2D eigenvalue weighted by atomic mass is 10.1. The van der Waals surface area contributed by atoms with Crippen molar-refractivity contribution in [2.24, 2.45) is 0 Å². The van der Waals surface area contributed by atoms with Gasteiger partial charge in [-0.1, -0.05) is 54.6 Å². The molecule has 0 aliphatic heterocycles.